The normalized spacial score (nSPS) is 37.0. The molecule has 4 atom stereocenters. The van der Waals surface area contributed by atoms with Gasteiger partial charge in [0, 0.05) is 11.8 Å². The highest BCUT2D eigenvalue weighted by Gasteiger charge is 2.53. The van der Waals surface area contributed by atoms with Crippen molar-refractivity contribution in [2.75, 3.05) is 7.11 Å². The third-order valence-electron chi connectivity index (χ3n) is 6.94. The Labute approximate surface area is 133 Å². The van der Waals surface area contributed by atoms with Gasteiger partial charge in [-0.3, -0.25) is 4.79 Å². The Hall–Kier alpha value is -1.31. The Balaban J connectivity index is 1.64. The van der Waals surface area contributed by atoms with Crippen LogP contribution in [-0.2, 0) is 17.6 Å². The van der Waals surface area contributed by atoms with E-state index in [9.17, 15) is 4.79 Å². The van der Waals surface area contributed by atoms with Gasteiger partial charge in [-0.25, -0.2) is 0 Å². The van der Waals surface area contributed by atoms with Crippen LogP contribution in [0, 0.1) is 23.2 Å². The number of carbonyl (C=O) groups excluding carboxylic acids is 1. The topological polar surface area (TPSA) is 26.3 Å². The van der Waals surface area contributed by atoms with E-state index in [0.29, 0.717) is 11.7 Å². The van der Waals surface area contributed by atoms with Crippen molar-refractivity contribution in [2.24, 2.45) is 23.2 Å². The number of aryl methyl sites for hydroxylation is 1. The number of benzene rings is 1. The van der Waals surface area contributed by atoms with Crippen LogP contribution >= 0.6 is 0 Å². The van der Waals surface area contributed by atoms with Crippen LogP contribution in [0.4, 0.5) is 0 Å². The van der Waals surface area contributed by atoms with E-state index in [0.717, 1.165) is 43.3 Å². The molecule has 0 N–H and O–H groups in total. The minimum Gasteiger partial charge on any atom is -0.497 e. The molecule has 1 aromatic rings. The average Bonchev–Trinajstić information content (AvgIpc) is 2.72. The second-order valence-electron chi connectivity index (χ2n) is 7.83. The highest BCUT2D eigenvalue weighted by Crippen LogP contribution is 2.56. The summed E-state index contributed by atoms with van der Waals surface area (Å²) in [4.78, 5) is 12.4. The maximum atomic E-state index is 12.4. The number of hydrogen-bond donors (Lipinski definition) is 0. The van der Waals surface area contributed by atoms with Gasteiger partial charge in [-0.05, 0) is 79.5 Å². The van der Waals surface area contributed by atoms with Crippen LogP contribution in [0.15, 0.2) is 18.2 Å². The SMILES string of the molecule is COc1ccc2c(c1)CC[C@@H]1[C@H](CC[C@]3(C)C(=O)CC[C@@H]13)C2. The smallest absolute Gasteiger partial charge is 0.139 e. The van der Waals surface area contributed by atoms with Crippen molar-refractivity contribution >= 4 is 5.78 Å². The van der Waals surface area contributed by atoms with Gasteiger partial charge in [0.15, 0.2) is 0 Å². The second-order valence-corrected chi connectivity index (χ2v) is 7.83. The van der Waals surface area contributed by atoms with Crippen LogP contribution in [-0.4, -0.2) is 12.9 Å². The van der Waals surface area contributed by atoms with E-state index in [2.05, 4.69) is 25.1 Å². The van der Waals surface area contributed by atoms with Gasteiger partial charge in [-0.1, -0.05) is 13.0 Å². The van der Waals surface area contributed by atoms with Gasteiger partial charge < -0.3 is 4.74 Å². The molecule has 3 aliphatic carbocycles. The maximum absolute atomic E-state index is 12.4. The van der Waals surface area contributed by atoms with E-state index in [1.165, 1.54) is 30.4 Å². The molecule has 0 aromatic heterocycles. The molecule has 0 aliphatic heterocycles. The van der Waals surface area contributed by atoms with Gasteiger partial charge >= 0.3 is 0 Å². The van der Waals surface area contributed by atoms with Gasteiger partial charge in [-0.15, -0.1) is 0 Å². The largest absolute Gasteiger partial charge is 0.497 e. The van der Waals surface area contributed by atoms with Crippen LogP contribution in [0.25, 0.3) is 0 Å². The van der Waals surface area contributed by atoms with Gasteiger partial charge in [0.25, 0.3) is 0 Å². The molecule has 3 aliphatic rings. The van der Waals surface area contributed by atoms with Crippen molar-refractivity contribution in [3.63, 3.8) is 0 Å². The molecular formula is C20H26O2. The first-order chi connectivity index (χ1) is 10.6. The minimum absolute atomic E-state index is 0.00458. The highest BCUT2D eigenvalue weighted by atomic mass is 16.5. The summed E-state index contributed by atoms with van der Waals surface area (Å²) < 4.78 is 5.39. The Morgan fingerprint density at radius 2 is 2.00 bits per heavy atom. The molecule has 2 saturated carbocycles. The van der Waals surface area contributed by atoms with Crippen LogP contribution in [0.5, 0.6) is 5.75 Å². The summed E-state index contributed by atoms with van der Waals surface area (Å²) in [6.45, 7) is 2.25. The molecule has 22 heavy (non-hydrogen) atoms. The van der Waals surface area contributed by atoms with Gasteiger partial charge in [-0.2, -0.15) is 0 Å². The van der Waals surface area contributed by atoms with Crippen LogP contribution < -0.4 is 4.74 Å². The molecule has 4 rings (SSSR count). The molecule has 0 bridgehead atoms. The molecule has 2 nitrogen and oxygen atoms in total. The Bertz CT molecular complexity index is 606. The number of Topliss-reactive ketones (excluding diaryl/α,β-unsaturated/α-hetero) is 1. The highest BCUT2D eigenvalue weighted by molar-refractivity contribution is 5.87. The summed E-state index contributed by atoms with van der Waals surface area (Å²) >= 11 is 0. The summed E-state index contributed by atoms with van der Waals surface area (Å²) in [5.74, 6) is 3.67. The van der Waals surface area contributed by atoms with Crippen LogP contribution in [0.2, 0.25) is 0 Å². The Morgan fingerprint density at radius 3 is 2.82 bits per heavy atom. The van der Waals surface area contributed by atoms with Crippen molar-refractivity contribution in [1.82, 2.24) is 0 Å². The first-order valence-electron chi connectivity index (χ1n) is 8.81. The van der Waals surface area contributed by atoms with Gasteiger partial charge in [0.05, 0.1) is 7.11 Å². The van der Waals surface area contributed by atoms with Gasteiger partial charge in [0.2, 0.25) is 0 Å². The lowest BCUT2D eigenvalue weighted by atomic mass is 9.59. The number of fused-ring (bicyclic) bond motifs is 4. The summed E-state index contributed by atoms with van der Waals surface area (Å²) in [6, 6.07) is 6.60. The average molecular weight is 298 g/mol. The predicted molar refractivity (Wildman–Crippen MR) is 87.1 cm³/mol. The fourth-order valence-corrected chi connectivity index (χ4v) is 5.59. The number of hydrogen-bond acceptors (Lipinski definition) is 2. The maximum Gasteiger partial charge on any atom is 0.139 e. The monoisotopic (exact) mass is 298 g/mol. The van der Waals surface area contributed by atoms with Gasteiger partial charge in [0.1, 0.15) is 11.5 Å². The lowest BCUT2D eigenvalue weighted by Gasteiger charge is -2.45. The number of rotatable bonds is 1. The summed E-state index contributed by atoms with van der Waals surface area (Å²) in [6.07, 6.45) is 7.90. The third kappa shape index (κ3) is 2.03. The third-order valence-corrected chi connectivity index (χ3v) is 6.94. The zero-order valence-electron chi connectivity index (χ0n) is 13.7. The van der Waals surface area contributed by atoms with E-state index in [-0.39, 0.29) is 5.41 Å². The van der Waals surface area contributed by atoms with Crippen molar-refractivity contribution in [2.45, 2.75) is 51.9 Å². The Morgan fingerprint density at radius 1 is 1.14 bits per heavy atom. The molecule has 2 fully saturated rings. The van der Waals surface area contributed by atoms with E-state index < -0.39 is 0 Å². The first kappa shape index (κ1) is 14.3. The molecule has 0 heterocycles. The lowest BCUT2D eigenvalue weighted by Crippen LogP contribution is -2.41. The summed E-state index contributed by atoms with van der Waals surface area (Å²) in [5.41, 5.74) is 2.98. The molecule has 0 radical (unpaired) electrons. The number of methoxy groups -OCH3 is 1. The van der Waals surface area contributed by atoms with Crippen LogP contribution in [0.1, 0.15) is 50.2 Å². The first-order valence-corrected chi connectivity index (χ1v) is 8.81. The number of ether oxygens (including phenoxy) is 1. The lowest BCUT2D eigenvalue weighted by molar-refractivity contribution is -0.129. The number of carbonyl (C=O) groups is 1. The summed E-state index contributed by atoms with van der Waals surface area (Å²) in [5, 5.41) is 0. The molecule has 0 amide bonds. The quantitative estimate of drug-likeness (QED) is 0.777. The Kier molecular flexibility index (Phi) is 3.32. The van der Waals surface area contributed by atoms with Crippen molar-refractivity contribution in [1.29, 1.82) is 0 Å². The number of ketones is 1. The molecule has 0 unspecified atom stereocenters. The predicted octanol–water partition coefficient (Wildman–Crippen LogP) is 4.20. The zero-order chi connectivity index (χ0) is 15.3. The van der Waals surface area contributed by atoms with E-state index in [1.54, 1.807) is 7.11 Å². The second kappa shape index (κ2) is 5.11. The van der Waals surface area contributed by atoms with E-state index in [1.807, 2.05) is 0 Å². The van der Waals surface area contributed by atoms with Crippen molar-refractivity contribution in [3.05, 3.63) is 29.3 Å². The fourth-order valence-electron chi connectivity index (χ4n) is 5.59. The standard InChI is InChI=1S/C20H26O2/c1-20-10-9-15-11-13-3-5-16(22-2)12-14(13)4-6-17(15)18(20)7-8-19(20)21/h3,5,12,15,17-18H,4,6-11H2,1-2H3/t15-,17-,18+,20+/m1/s1. The molecule has 0 saturated heterocycles. The molecule has 0 spiro atoms. The van der Waals surface area contributed by atoms with E-state index >= 15 is 0 Å². The molecule has 1 aromatic carbocycles. The van der Waals surface area contributed by atoms with Crippen molar-refractivity contribution in [3.8, 4) is 5.75 Å². The molecular weight excluding hydrogens is 272 g/mol. The van der Waals surface area contributed by atoms with Crippen molar-refractivity contribution < 1.29 is 9.53 Å². The molecule has 2 heteroatoms. The summed E-state index contributed by atoms with van der Waals surface area (Å²) in [7, 11) is 1.74. The zero-order valence-corrected chi connectivity index (χ0v) is 13.7. The fraction of sp³-hybridized carbons (Fsp3) is 0.650. The minimum atomic E-state index is -0.00458. The van der Waals surface area contributed by atoms with Crippen LogP contribution in [0.3, 0.4) is 0 Å². The van der Waals surface area contributed by atoms with E-state index in [4.69, 9.17) is 4.74 Å². The molecule has 118 valence electrons.